The average Bonchev–Trinajstić information content (AvgIpc) is 3.19. The molecule has 0 unspecified atom stereocenters. The summed E-state index contributed by atoms with van der Waals surface area (Å²) in [6.45, 7) is 0. The van der Waals surface area contributed by atoms with Gasteiger partial charge in [0.25, 0.3) is 5.91 Å². The van der Waals surface area contributed by atoms with Crippen molar-refractivity contribution in [2.45, 2.75) is 44.6 Å². The Balaban J connectivity index is 1.57. The Bertz CT molecular complexity index is 1010. The van der Waals surface area contributed by atoms with E-state index in [9.17, 15) is 9.59 Å². The van der Waals surface area contributed by atoms with Gasteiger partial charge in [-0.3, -0.25) is 14.6 Å². The van der Waals surface area contributed by atoms with Crippen molar-refractivity contribution in [2.75, 3.05) is 0 Å². The number of nitrogens with two attached hydrogens (primary N) is 1. The lowest BCUT2D eigenvalue weighted by Gasteiger charge is -2.25. The first-order chi connectivity index (χ1) is 14.1. The van der Waals surface area contributed by atoms with Gasteiger partial charge in [-0.25, -0.2) is 4.98 Å². The minimum absolute atomic E-state index is 0.331. The molecule has 0 spiro atoms. The van der Waals surface area contributed by atoms with Crippen LogP contribution < -0.4 is 11.1 Å². The number of aromatic nitrogens is 3. The summed E-state index contributed by atoms with van der Waals surface area (Å²) in [5.41, 5.74) is 8.22. The van der Waals surface area contributed by atoms with Gasteiger partial charge in [0.05, 0.1) is 11.1 Å². The van der Waals surface area contributed by atoms with Crippen molar-refractivity contribution in [1.29, 1.82) is 0 Å². The number of hydrogen-bond acceptors (Lipinski definition) is 4. The van der Waals surface area contributed by atoms with Crippen LogP contribution in [0.15, 0.2) is 42.7 Å². The van der Waals surface area contributed by atoms with Crippen molar-refractivity contribution in [3.05, 3.63) is 48.3 Å². The van der Waals surface area contributed by atoms with E-state index in [1.807, 2.05) is 18.2 Å². The number of rotatable bonds is 6. The molecule has 2 heterocycles. The highest BCUT2D eigenvalue weighted by atomic mass is 16.2. The number of carbonyl (C=O) groups is 2. The van der Waals surface area contributed by atoms with Crippen LogP contribution in [0, 0.1) is 5.92 Å². The highest BCUT2D eigenvalue weighted by Gasteiger charge is 2.25. The molecular formula is C22H25N5O2. The van der Waals surface area contributed by atoms with E-state index in [-0.39, 0.29) is 5.91 Å². The molecule has 1 atom stereocenters. The minimum Gasteiger partial charge on any atom is -0.368 e. The fraction of sp³-hybridized carbons (Fsp3) is 0.364. The largest absolute Gasteiger partial charge is 0.368 e. The van der Waals surface area contributed by atoms with Gasteiger partial charge in [0, 0.05) is 18.0 Å². The van der Waals surface area contributed by atoms with Gasteiger partial charge in [0.15, 0.2) is 0 Å². The van der Waals surface area contributed by atoms with Gasteiger partial charge in [0.1, 0.15) is 17.4 Å². The molecule has 150 valence electrons. The van der Waals surface area contributed by atoms with E-state index < -0.39 is 11.9 Å². The summed E-state index contributed by atoms with van der Waals surface area (Å²) >= 11 is 0. The number of H-pyrrole nitrogens is 1. The fourth-order valence-electron chi connectivity index (χ4n) is 4.10. The van der Waals surface area contributed by atoms with Gasteiger partial charge < -0.3 is 16.0 Å². The van der Waals surface area contributed by atoms with Crippen LogP contribution in [0.1, 0.15) is 48.9 Å². The Kier molecular flexibility index (Phi) is 5.55. The van der Waals surface area contributed by atoms with Crippen molar-refractivity contribution in [3.8, 4) is 11.4 Å². The molecule has 29 heavy (non-hydrogen) atoms. The normalized spacial score (nSPS) is 15.9. The number of hydrogen-bond donors (Lipinski definition) is 3. The van der Waals surface area contributed by atoms with Crippen LogP contribution in [0.4, 0.5) is 0 Å². The number of aromatic amines is 1. The molecule has 1 fully saturated rings. The Morgan fingerprint density at radius 2 is 1.90 bits per heavy atom. The molecule has 3 aromatic rings. The van der Waals surface area contributed by atoms with E-state index in [0.29, 0.717) is 29.2 Å². The number of benzene rings is 1. The SMILES string of the molecule is NC(=O)[C@@H](CC1CCCCC1)NC(=O)c1cccc2[nH]c(-c3ccncc3)nc12. The third-order valence-electron chi connectivity index (χ3n) is 5.65. The monoisotopic (exact) mass is 391 g/mol. The van der Waals surface area contributed by atoms with Crippen LogP contribution in [0.3, 0.4) is 0 Å². The number of pyridine rings is 1. The molecule has 1 aliphatic rings. The fourth-order valence-corrected chi connectivity index (χ4v) is 4.10. The summed E-state index contributed by atoms with van der Waals surface area (Å²) in [6, 6.07) is 8.42. The number of primary amides is 1. The zero-order chi connectivity index (χ0) is 20.2. The maximum atomic E-state index is 13.0. The molecule has 4 rings (SSSR count). The molecule has 1 saturated carbocycles. The summed E-state index contributed by atoms with van der Waals surface area (Å²) in [6.07, 6.45) is 9.75. The molecule has 0 radical (unpaired) electrons. The van der Waals surface area contributed by atoms with E-state index in [0.717, 1.165) is 23.9 Å². The van der Waals surface area contributed by atoms with Crippen molar-refractivity contribution in [3.63, 3.8) is 0 Å². The number of nitrogens with zero attached hydrogens (tertiary/aromatic N) is 2. The first kappa shape index (κ1) is 19.1. The Morgan fingerprint density at radius 1 is 1.14 bits per heavy atom. The van der Waals surface area contributed by atoms with Crippen molar-refractivity contribution in [1.82, 2.24) is 20.3 Å². The van der Waals surface area contributed by atoms with Crippen LogP contribution in [0.2, 0.25) is 0 Å². The Hall–Kier alpha value is -3.22. The smallest absolute Gasteiger partial charge is 0.254 e. The first-order valence-electron chi connectivity index (χ1n) is 10.1. The molecule has 2 amide bonds. The summed E-state index contributed by atoms with van der Waals surface area (Å²) in [4.78, 5) is 36.8. The number of fused-ring (bicyclic) bond motifs is 1. The predicted octanol–water partition coefficient (Wildman–Crippen LogP) is 3.18. The Labute approximate surface area is 169 Å². The van der Waals surface area contributed by atoms with Crippen LogP contribution in [-0.2, 0) is 4.79 Å². The minimum atomic E-state index is -0.667. The van der Waals surface area contributed by atoms with Crippen molar-refractivity contribution >= 4 is 22.8 Å². The molecule has 7 nitrogen and oxygen atoms in total. The number of imidazole rings is 1. The molecule has 7 heteroatoms. The maximum absolute atomic E-state index is 13.0. The zero-order valence-electron chi connectivity index (χ0n) is 16.2. The van der Waals surface area contributed by atoms with Gasteiger partial charge >= 0.3 is 0 Å². The molecule has 1 aromatic carbocycles. The first-order valence-corrected chi connectivity index (χ1v) is 10.1. The van der Waals surface area contributed by atoms with Gasteiger partial charge in [-0.2, -0.15) is 0 Å². The van der Waals surface area contributed by atoms with Crippen LogP contribution >= 0.6 is 0 Å². The second-order valence-corrected chi connectivity index (χ2v) is 7.69. The third kappa shape index (κ3) is 4.29. The molecule has 0 saturated heterocycles. The quantitative estimate of drug-likeness (QED) is 0.599. The van der Waals surface area contributed by atoms with Gasteiger partial charge in [-0.15, -0.1) is 0 Å². The van der Waals surface area contributed by atoms with Crippen molar-refractivity contribution < 1.29 is 9.59 Å². The van der Waals surface area contributed by atoms with E-state index in [1.165, 1.54) is 19.3 Å². The Morgan fingerprint density at radius 3 is 2.62 bits per heavy atom. The molecule has 4 N–H and O–H groups in total. The van der Waals surface area contributed by atoms with E-state index in [2.05, 4.69) is 20.3 Å². The lowest BCUT2D eigenvalue weighted by molar-refractivity contribution is -0.120. The van der Waals surface area contributed by atoms with Crippen LogP contribution in [0.25, 0.3) is 22.4 Å². The zero-order valence-corrected chi connectivity index (χ0v) is 16.2. The average molecular weight is 391 g/mol. The second-order valence-electron chi connectivity index (χ2n) is 7.69. The maximum Gasteiger partial charge on any atom is 0.254 e. The number of amides is 2. The molecule has 1 aliphatic carbocycles. The van der Waals surface area contributed by atoms with Gasteiger partial charge in [-0.1, -0.05) is 38.2 Å². The summed E-state index contributed by atoms with van der Waals surface area (Å²) < 4.78 is 0. The lowest BCUT2D eigenvalue weighted by Crippen LogP contribution is -2.45. The number of para-hydroxylation sites is 1. The van der Waals surface area contributed by atoms with Crippen LogP contribution in [-0.4, -0.2) is 32.8 Å². The summed E-state index contributed by atoms with van der Waals surface area (Å²) in [5, 5.41) is 2.84. The van der Waals surface area contributed by atoms with Gasteiger partial charge in [0.2, 0.25) is 5.91 Å². The summed E-state index contributed by atoms with van der Waals surface area (Å²) in [5.74, 6) is 0.274. The second kappa shape index (κ2) is 8.43. The van der Waals surface area contributed by atoms with Crippen molar-refractivity contribution in [2.24, 2.45) is 11.7 Å². The molecular weight excluding hydrogens is 366 g/mol. The molecule has 2 aromatic heterocycles. The van der Waals surface area contributed by atoms with Gasteiger partial charge in [-0.05, 0) is 36.6 Å². The molecule has 0 bridgehead atoms. The number of carbonyl (C=O) groups excluding carboxylic acids is 2. The number of nitrogens with one attached hydrogen (secondary N) is 2. The molecule has 0 aliphatic heterocycles. The predicted molar refractivity (Wildman–Crippen MR) is 111 cm³/mol. The van der Waals surface area contributed by atoms with E-state index >= 15 is 0 Å². The lowest BCUT2D eigenvalue weighted by atomic mass is 9.84. The summed E-state index contributed by atoms with van der Waals surface area (Å²) in [7, 11) is 0. The van der Waals surface area contributed by atoms with Crippen LogP contribution in [0.5, 0.6) is 0 Å². The standard InChI is InChI=1S/C22H25N5O2/c23-20(28)18(13-14-5-2-1-3-6-14)26-22(29)16-7-4-8-17-19(16)27-21(25-17)15-9-11-24-12-10-15/h4,7-12,14,18H,1-3,5-6,13H2,(H2,23,28)(H,25,27)(H,26,29)/t18-/m1/s1. The van der Waals surface area contributed by atoms with E-state index in [4.69, 9.17) is 5.73 Å². The highest BCUT2D eigenvalue weighted by Crippen LogP contribution is 2.28. The highest BCUT2D eigenvalue weighted by molar-refractivity contribution is 6.06. The third-order valence-corrected chi connectivity index (χ3v) is 5.65. The van der Waals surface area contributed by atoms with E-state index in [1.54, 1.807) is 24.5 Å². The topological polar surface area (TPSA) is 114 Å².